The molecule has 0 aliphatic heterocycles. The molecule has 3 aromatic rings. The summed E-state index contributed by atoms with van der Waals surface area (Å²) < 4.78 is 1.76. The van der Waals surface area contributed by atoms with Gasteiger partial charge in [0.1, 0.15) is 5.82 Å². The van der Waals surface area contributed by atoms with Crippen LogP contribution in [0.15, 0.2) is 49.6 Å². The average molecular weight is 407 g/mol. The molecule has 1 unspecified atom stereocenters. The highest BCUT2D eigenvalue weighted by molar-refractivity contribution is 5.66. The van der Waals surface area contributed by atoms with Crippen LogP contribution in [-0.4, -0.2) is 31.8 Å². The molecule has 3 aromatic heterocycles. The second-order valence-electron chi connectivity index (χ2n) is 7.41. The summed E-state index contributed by atoms with van der Waals surface area (Å²) in [5.41, 5.74) is 17.0. The molecule has 0 saturated carbocycles. The lowest BCUT2D eigenvalue weighted by molar-refractivity contribution is 0.571. The molecular weight excluding hydrogens is 376 g/mol. The number of hydrogen-bond donors (Lipinski definition) is 4. The Hall–Kier alpha value is -3.39. The van der Waals surface area contributed by atoms with Crippen LogP contribution < -0.4 is 22.1 Å². The van der Waals surface area contributed by atoms with Crippen LogP contribution in [0.4, 0.5) is 11.5 Å². The number of hydrogen-bond acceptors (Lipinski definition) is 7. The fraction of sp³-hybridized carbons (Fsp3) is 0.318. The van der Waals surface area contributed by atoms with Crippen molar-refractivity contribution in [2.45, 2.75) is 45.8 Å². The van der Waals surface area contributed by atoms with E-state index in [0.29, 0.717) is 12.2 Å². The van der Waals surface area contributed by atoms with Gasteiger partial charge in [0.2, 0.25) is 0 Å². The van der Waals surface area contributed by atoms with E-state index in [2.05, 4.69) is 41.1 Å². The zero-order valence-electron chi connectivity index (χ0n) is 17.8. The first-order chi connectivity index (χ1) is 14.4. The fourth-order valence-electron chi connectivity index (χ4n) is 3.14. The first-order valence-corrected chi connectivity index (χ1v) is 10.0. The van der Waals surface area contributed by atoms with Crippen molar-refractivity contribution in [2.75, 3.05) is 10.6 Å². The predicted octanol–water partition coefficient (Wildman–Crippen LogP) is 3.05. The van der Waals surface area contributed by atoms with E-state index in [-0.39, 0.29) is 12.1 Å². The SMILES string of the molecule is C=C(N)c1cc(C)c(NC(C)[C@@H](N)CC)nc1CNc1cncc(-n2cccn2)c1. The van der Waals surface area contributed by atoms with Crippen LogP contribution in [0.1, 0.15) is 37.1 Å². The Morgan fingerprint density at radius 2 is 2.10 bits per heavy atom. The van der Waals surface area contributed by atoms with Gasteiger partial charge in [-0.05, 0) is 44.0 Å². The van der Waals surface area contributed by atoms with Crippen LogP contribution in [0.25, 0.3) is 11.4 Å². The highest BCUT2D eigenvalue weighted by atomic mass is 15.3. The number of nitrogens with two attached hydrogens (primary N) is 2. The van der Waals surface area contributed by atoms with Crippen molar-refractivity contribution >= 4 is 17.2 Å². The Morgan fingerprint density at radius 3 is 2.77 bits per heavy atom. The first-order valence-electron chi connectivity index (χ1n) is 10.0. The van der Waals surface area contributed by atoms with Crippen LogP contribution in [0.5, 0.6) is 0 Å². The lowest BCUT2D eigenvalue weighted by Gasteiger charge is -2.23. The molecule has 0 amide bonds. The van der Waals surface area contributed by atoms with Crippen LogP contribution in [0.3, 0.4) is 0 Å². The van der Waals surface area contributed by atoms with Gasteiger partial charge in [0.25, 0.3) is 0 Å². The van der Waals surface area contributed by atoms with E-state index in [9.17, 15) is 0 Å². The number of nitrogens with one attached hydrogen (secondary N) is 2. The van der Waals surface area contributed by atoms with Gasteiger partial charge in [0.05, 0.1) is 36.0 Å². The molecule has 0 fully saturated rings. The van der Waals surface area contributed by atoms with Crippen LogP contribution in [0, 0.1) is 6.92 Å². The molecule has 0 aliphatic rings. The van der Waals surface area contributed by atoms with E-state index in [1.165, 1.54) is 0 Å². The minimum atomic E-state index is 0.0491. The van der Waals surface area contributed by atoms with E-state index in [1.807, 2.05) is 31.3 Å². The number of nitrogens with zero attached hydrogens (tertiary/aromatic N) is 4. The summed E-state index contributed by atoms with van der Waals surface area (Å²) in [6.07, 6.45) is 8.02. The lowest BCUT2D eigenvalue weighted by Crippen LogP contribution is -2.37. The molecule has 0 radical (unpaired) electrons. The van der Waals surface area contributed by atoms with Gasteiger partial charge in [-0.15, -0.1) is 0 Å². The van der Waals surface area contributed by atoms with Crippen molar-refractivity contribution in [1.29, 1.82) is 0 Å². The van der Waals surface area contributed by atoms with Crippen molar-refractivity contribution in [3.63, 3.8) is 0 Å². The van der Waals surface area contributed by atoms with Crippen molar-refractivity contribution in [3.05, 3.63) is 66.4 Å². The summed E-state index contributed by atoms with van der Waals surface area (Å²) in [7, 11) is 0. The maximum Gasteiger partial charge on any atom is 0.129 e. The molecule has 0 bridgehead atoms. The molecule has 8 nitrogen and oxygen atoms in total. The van der Waals surface area contributed by atoms with Gasteiger partial charge in [-0.25, -0.2) is 9.67 Å². The second-order valence-corrected chi connectivity index (χ2v) is 7.41. The summed E-state index contributed by atoms with van der Waals surface area (Å²) >= 11 is 0. The molecular formula is C22H30N8. The summed E-state index contributed by atoms with van der Waals surface area (Å²) in [6, 6.07) is 6.01. The zero-order valence-corrected chi connectivity index (χ0v) is 17.8. The Morgan fingerprint density at radius 1 is 1.30 bits per heavy atom. The number of aryl methyl sites for hydroxylation is 1. The van der Waals surface area contributed by atoms with E-state index >= 15 is 0 Å². The molecule has 6 N–H and O–H groups in total. The smallest absolute Gasteiger partial charge is 0.129 e. The Bertz CT molecular complexity index is 996. The number of anilines is 2. The number of rotatable bonds is 9. The minimum Gasteiger partial charge on any atom is -0.399 e. The van der Waals surface area contributed by atoms with E-state index in [1.54, 1.807) is 23.3 Å². The average Bonchev–Trinajstić information content (AvgIpc) is 3.28. The maximum absolute atomic E-state index is 6.17. The van der Waals surface area contributed by atoms with Gasteiger partial charge in [0, 0.05) is 35.7 Å². The topological polar surface area (TPSA) is 120 Å². The maximum atomic E-state index is 6.17. The lowest BCUT2D eigenvalue weighted by atomic mass is 10.1. The molecule has 0 spiro atoms. The fourth-order valence-corrected chi connectivity index (χ4v) is 3.14. The number of aromatic nitrogens is 4. The normalized spacial score (nSPS) is 12.9. The molecule has 3 heterocycles. The van der Waals surface area contributed by atoms with Crippen molar-refractivity contribution in [2.24, 2.45) is 11.5 Å². The van der Waals surface area contributed by atoms with Gasteiger partial charge in [-0.1, -0.05) is 13.5 Å². The van der Waals surface area contributed by atoms with Crippen molar-refractivity contribution in [3.8, 4) is 5.69 Å². The highest BCUT2D eigenvalue weighted by Gasteiger charge is 2.15. The van der Waals surface area contributed by atoms with Crippen LogP contribution >= 0.6 is 0 Å². The Balaban J connectivity index is 1.83. The Kier molecular flexibility index (Phi) is 6.68. The van der Waals surface area contributed by atoms with E-state index < -0.39 is 0 Å². The minimum absolute atomic E-state index is 0.0491. The third kappa shape index (κ3) is 4.96. The molecule has 0 aliphatic carbocycles. The monoisotopic (exact) mass is 406 g/mol. The van der Waals surface area contributed by atoms with Crippen LogP contribution in [-0.2, 0) is 6.54 Å². The van der Waals surface area contributed by atoms with Gasteiger partial charge < -0.3 is 22.1 Å². The van der Waals surface area contributed by atoms with Crippen molar-refractivity contribution in [1.82, 2.24) is 19.7 Å². The van der Waals surface area contributed by atoms with Crippen LogP contribution in [0.2, 0.25) is 0 Å². The molecule has 2 atom stereocenters. The van der Waals surface area contributed by atoms with Crippen molar-refractivity contribution < 1.29 is 0 Å². The summed E-state index contributed by atoms with van der Waals surface area (Å²) in [5, 5.41) is 11.1. The molecule has 158 valence electrons. The van der Waals surface area contributed by atoms with Gasteiger partial charge >= 0.3 is 0 Å². The third-order valence-electron chi connectivity index (χ3n) is 5.07. The molecule has 0 aromatic carbocycles. The zero-order chi connectivity index (χ0) is 21.7. The second kappa shape index (κ2) is 9.41. The summed E-state index contributed by atoms with van der Waals surface area (Å²) in [5.74, 6) is 0.802. The molecule has 0 saturated heterocycles. The standard InChI is InChI=1S/C22H30N8/c1-5-20(24)16(4)28-22-14(2)9-19(15(3)23)21(29-22)13-26-17-10-18(12-25-11-17)30-8-6-7-27-30/h6-12,16,20,26H,3,5,13,23-24H2,1-2,4H3,(H,28,29)/t16?,20-/m0/s1. The van der Waals surface area contributed by atoms with E-state index in [0.717, 1.165) is 40.4 Å². The van der Waals surface area contributed by atoms with Gasteiger partial charge in [-0.2, -0.15) is 5.10 Å². The molecule has 8 heteroatoms. The van der Waals surface area contributed by atoms with E-state index in [4.69, 9.17) is 16.5 Å². The molecule has 3 rings (SSSR count). The summed E-state index contributed by atoms with van der Waals surface area (Å²) in [4.78, 5) is 9.13. The Labute approximate surface area is 177 Å². The predicted molar refractivity (Wildman–Crippen MR) is 122 cm³/mol. The number of pyridine rings is 2. The van der Waals surface area contributed by atoms with Gasteiger partial charge in [-0.3, -0.25) is 4.98 Å². The van der Waals surface area contributed by atoms with Gasteiger partial charge in [0.15, 0.2) is 0 Å². The summed E-state index contributed by atoms with van der Waals surface area (Å²) in [6.45, 7) is 10.5. The molecule has 30 heavy (non-hydrogen) atoms. The third-order valence-corrected chi connectivity index (χ3v) is 5.07. The largest absolute Gasteiger partial charge is 0.399 e. The highest BCUT2D eigenvalue weighted by Crippen LogP contribution is 2.23. The quantitative estimate of drug-likeness (QED) is 0.431. The first kappa shape index (κ1) is 21.3.